The predicted octanol–water partition coefficient (Wildman–Crippen LogP) is 0.707. The van der Waals surface area contributed by atoms with Crippen LogP contribution in [0.5, 0.6) is 0 Å². The molecule has 8 heteroatoms. The number of carbonyl (C=O) groups is 1. The molecule has 1 aromatic heterocycles. The molecule has 118 valence electrons. The van der Waals surface area contributed by atoms with Gasteiger partial charge in [0.1, 0.15) is 4.90 Å². The van der Waals surface area contributed by atoms with Crippen molar-refractivity contribution < 1.29 is 13.2 Å². The lowest BCUT2D eigenvalue weighted by Crippen LogP contribution is -2.37. The van der Waals surface area contributed by atoms with Gasteiger partial charge < -0.3 is 4.90 Å². The molecule has 2 heterocycles. The quantitative estimate of drug-likeness (QED) is 0.836. The molecule has 0 aliphatic carbocycles. The number of hydrogen-bond donors (Lipinski definition) is 2. The van der Waals surface area contributed by atoms with E-state index in [0.717, 1.165) is 32.4 Å². The second kappa shape index (κ2) is 6.57. The molecule has 0 spiro atoms. The van der Waals surface area contributed by atoms with Crippen molar-refractivity contribution in [2.45, 2.75) is 44.4 Å². The molecule has 1 saturated heterocycles. The van der Waals surface area contributed by atoms with E-state index in [4.69, 9.17) is 0 Å². The van der Waals surface area contributed by atoms with Crippen LogP contribution in [-0.4, -0.2) is 49.1 Å². The molecule has 1 aromatic rings. The van der Waals surface area contributed by atoms with Gasteiger partial charge in [-0.3, -0.25) is 9.89 Å². The second-order valence-electron chi connectivity index (χ2n) is 5.35. The van der Waals surface area contributed by atoms with Gasteiger partial charge in [-0.15, -0.1) is 0 Å². The van der Waals surface area contributed by atoms with E-state index < -0.39 is 10.0 Å². The summed E-state index contributed by atoms with van der Waals surface area (Å²) < 4.78 is 26.9. The molecular weight excluding hydrogens is 292 g/mol. The lowest BCUT2D eigenvalue weighted by atomic mass is 10.1. The van der Waals surface area contributed by atoms with Gasteiger partial charge in [-0.05, 0) is 33.1 Å². The molecule has 2 rings (SSSR count). The number of amides is 1. The molecule has 0 aromatic carbocycles. The number of rotatable bonds is 5. The molecule has 21 heavy (non-hydrogen) atoms. The largest absolute Gasteiger partial charge is 0.343 e. The zero-order valence-electron chi connectivity index (χ0n) is 12.5. The molecule has 0 saturated carbocycles. The molecule has 0 atom stereocenters. The third-order valence-electron chi connectivity index (χ3n) is 3.67. The topological polar surface area (TPSA) is 95.2 Å². The summed E-state index contributed by atoms with van der Waals surface area (Å²) in [7, 11) is -3.62. The number of aromatic nitrogens is 2. The maximum atomic E-state index is 12.2. The van der Waals surface area contributed by atoms with E-state index in [2.05, 4.69) is 14.9 Å². The van der Waals surface area contributed by atoms with Crippen molar-refractivity contribution in [3.8, 4) is 0 Å². The monoisotopic (exact) mass is 314 g/mol. The Hall–Kier alpha value is -1.41. The van der Waals surface area contributed by atoms with Crippen molar-refractivity contribution in [2.75, 3.05) is 19.6 Å². The number of nitrogens with zero attached hydrogens (tertiary/aromatic N) is 2. The van der Waals surface area contributed by atoms with E-state index in [1.165, 1.54) is 0 Å². The minimum absolute atomic E-state index is 0.0121. The molecule has 1 aliphatic rings. The molecule has 1 aliphatic heterocycles. The van der Waals surface area contributed by atoms with Gasteiger partial charge in [0, 0.05) is 26.1 Å². The Morgan fingerprint density at radius 3 is 2.52 bits per heavy atom. The fourth-order valence-corrected chi connectivity index (χ4v) is 4.00. The molecule has 0 radical (unpaired) electrons. The normalized spacial score (nSPS) is 16.2. The van der Waals surface area contributed by atoms with Crippen LogP contribution in [0.1, 0.15) is 37.1 Å². The van der Waals surface area contributed by atoms with Gasteiger partial charge in [0.25, 0.3) is 0 Å². The van der Waals surface area contributed by atoms with Crippen molar-refractivity contribution >= 4 is 15.9 Å². The van der Waals surface area contributed by atoms with Gasteiger partial charge in [0.15, 0.2) is 0 Å². The second-order valence-corrected chi connectivity index (χ2v) is 7.06. The van der Waals surface area contributed by atoms with Gasteiger partial charge in [0.05, 0.1) is 11.4 Å². The fraction of sp³-hybridized carbons (Fsp3) is 0.692. The molecule has 0 bridgehead atoms. The average molecular weight is 314 g/mol. The van der Waals surface area contributed by atoms with Gasteiger partial charge in [-0.25, -0.2) is 13.1 Å². The number of nitrogens with one attached hydrogen (secondary N) is 2. The summed E-state index contributed by atoms with van der Waals surface area (Å²) in [6, 6.07) is 0. The van der Waals surface area contributed by atoms with E-state index in [0.29, 0.717) is 11.4 Å². The average Bonchev–Trinajstić information content (AvgIpc) is 2.79. The number of H-pyrrole nitrogens is 1. The first kappa shape index (κ1) is 16.0. The van der Waals surface area contributed by atoms with E-state index in [9.17, 15) is 13.2 Å². The van der Waals surface area contributed by atoms with Crippen LogP contribution >= 0.6 is 0 Å². The van der Waals surface area contributed by atoms with Crippen molar-refractivity contribution in [2.24, 2.45) is 0 Å². The van der Waals surface area contributed by atoms with E-state index in [1.54, 1.807) is 13.8 Å². The van der Waals surface area contributed by atoms with Crippen LogP contribution in [-0.2, 0) is 14.8 Å². The Morgan fingerprint density at radius 2 is 1.95 bits per heavy atom. The van der Waals surface area contributed by atoms with Crippen molar-refractivity contribution in [1.29, 1.82) is 0 Å². The maximum Gasteiger partial charge on any atom is 0.244 e. The molecule has 1 fully saturated rings. The summed E-state index contributed by atoms with van der Waals surface area (Å²) in [4.78, 5) is 14.0. The zero-order chi connectivity index (χ0) is 15.5. The lowest BCUT2D eigenvalue weighted by molar-refractivity contribution is -0.131. The number of aryl methyl sites for hydroxylation is 2. The number of sulfonamides is 1. The van der Waals surface area contributed by atoms with Crippen molar-refractivity contribution in [3.63, 3.8) is 0 Å². The molecule has 2 N–H and O–H groups in total. The lowest BCUT2D eigenvalue weighted by Gasteiger charge is -2.26. The summed E-state index contributed by atoms with van der Waals surface area (Å²) >= 11 is 0. The summed E-state index contributed by atoms with van der Waals surface area (Å²) in [5, 5.41) is 6.53. The predicted molar refractivity (Wildman–Crippen MR) is 78.3 cm³/mol. The Morgan fingerprint density at radius 1 is 1.29 bits per heavy atom. The van der Waals surface area contributed by atoms with Crippen LogP contribution in [0.3, 0.4) is 0 Å². The van der Waals surface area contributed by atoms with Gasteiger partial charge in [0.2, 0.25) is 15.9 Å². The Labute approximate surface area is 125 Å². The molecule has 0 unspecified atom stereocenters. The van der Waals surface area contributed by atoms with Crippen molar-refractivity contribution in [1.82, 2.24) is 19.8 Å². The minimum Gasteiger partial charge on any atom is -0.343 e. The highest BCUT2D eigenvalue weighted by atomic mass is 32.2. The van der Waals surface area contributed by atoms with Crippen LogP contribution in [0.25, 0.3) is 0 Å². The van der Waals surface area contributed by atoms with E-state index >= 15 is 0 Å². The third-order valence-corrected chi connectivity index (χ3v) is 5.39. The Bertz CT molecular complexity index is 583. The highest BCUT2D eigenvalue weighted by molar-refractivity contribution is 7.89. The van der Waals surface area contributed by atoms with Gasteiger partial charge >= 0.3 is 0 Å². The minimum atomic E-state index is -3.62. The van der Waals surface area contributed by atoms with Crippen LogP contribution in [0.15, 0.2) is 4.90 Å². The Kier molecular flexibility index (Phi) is 5.00. The van der Waals surface area contributed by atoms with Crippen LogP contribution < -0.4 is 4.72 Å². The molecule has 7 nitrogen and oxygen atoms in total. The first-order valence-corrected chi connectivity index (χ1v) is 8.69. The zero-order valence-corrected chi connectivity index (χ0v) is 13.3. The smallest absolute Gasteiger partial charge is 0.244 e. The molecular formula is C13H22N4O3S. The summed E-state index contributed by atoms with van der Waals surface area (Å²) in [6.45, 7) is 4.98. The van der Waals surface area contributed by atoms with Gasteiger partial charge in [-0.2, -0.15) is 5.10 Å². The van der Waals surface area contributed by atoms with E-state index in [-0.39, 0.29) is 23.8 Å². The SMILES string of the molecule is Cc1n[nH]c(C)c1S(=O)(=O)NCCC(=O)N1CCCCC1. The first-order chi connectivity index (χ1) is 9.92. The van der Waals surface area contributed by atoms with E-state index in [1.807, 2.05) is 4.90 Å². The number of likely N-dealkylation sites (tertiary alicyclic amines) is 1. The molecule has 1 amide bonds. The highest BCUT2D eigenvalue weighted by Crippen LogP contribution is 2.16. The van der Waals surface area contributed by atoms with Crippen LogP contribution in [0, 0.1) is 13.8 Å². The summed E-state index contributed by atoms with van der Waals surface area (Å²) in [5.41, 5.74) is 0.935. The first-order valence-electron chi connectivity index (χ1n) is 7.21. The Balaban J connectivity index is 1.89. The number of aromatic amines is 1. The van der Waals surface area contributed by atoms with Crippen molar-refractivity contribution in [3.05, 3.63) is 11.4 Å². The summed E-state index contributed by atoms with van der Waals surface area (Å²) in [5.74, 6) is 0.0121. The number of piperidine rings is 1. The van der Waals surface area contributed by atoms with Gasteiger partial charge in [-0.1, -0.05) is 0 Å². The maximum absolute atomic E-state index is 12.2. The van der Waals surface area contributed by atoms with Crippen LogP contribution in [0.2, 0.25) is 0 Å². The number of carbonyl (C=O) groups excluding carboxylic acids is 1. The van der Waals surface area contributed by atoms with Crippen LogP contribution in [0.4, 0.5) is 0 Å². The standard InChI is InChI=1S/C13H22N4O3S/c1-10-13(11(2)16-15-10)21(19,20)14-7-6-12(18)17-8-4-3-5-9-17/h14H,3-9H2,1-2H3,(H,15,16). The number of hydrogen-bond acceptors (Lipinski definition) is 4. The third kappa shape index (κ3) is 3.82. The highest BCUT2D eigenvalue weighted by Gasteiger charge is 2.23. The fourth-order valence-electron chi connectivity index (χ4n) is 2.60. The summed E-state index contributed by atoms with van der Waals surface area (Å²) in [6.07, 6.45) is 3.42.